The SMILES string of the molecule is CN(C)c1ccc(Cn2nccc2NC(=O)Cn2cccc(C(F)(F)F)c2=O)cc1. The Kier molecular flexibility index (Phi) is 5.95. The molecule has 158 valence electrons. The summed E-state index contributed by atoms with van der Waals surface area (Å²) in [5, 5.41) is 6.75. The molecule has 3 aromatic rings. The van der Waals surface area contributed by atoms with E-state index in [-0.39, 0.29) is 0 Å². The van der Waals surface area contributed by atoms with Gasteiger partial charge in [-0.05, 0) is 29.8 Å². The molecule has 10 heteroatoms. The van der Waals surface area contributed by atoms with Crippen LogP contribution in [0.2, 0.25) is 0 Å². The molecular weight excluding hydrogens is 399 g/mol. The maximum Gasteiger partial charge on any atom is 0.421 e. The lowest BCUT2D eigenvalue weighted by atomic mass is 10.2. The highest BCUT2D eigenvalue weighted by atomic mass is 19.4. The van der Waals surface area contributed by atoms with Gasteiger partial charge in [-0.25, -0.2) is 4.68 Å². The van der Waals surface area contributed by atoms with Gasteiger partial charge in [-0.15, -0.1) is 0 Å². The molecule has 1 N–H and O–H groups in total. The molecule has 0 spiro atoms. The highest BCUT2D eigenvalue weighted by Gasteiger charge is 2.34. The van der Waals surface area contributed by atoms with Crippen LogP contribution in [0.3, 0.4) is 0 Å². The number of hydrogen-bond acceptors (Lipinski definition) is 4. The minimum atomic E-state index is -4.78. The Morgan fingerprint density at radius 3 is 2.47 bits per heavy atom. The van der Waals surface area contributed by atoms with Crippen LogP contribution in [0.5, 0.6) is 0 Å². The molecule has 0 aliphatic carbocycles. The molecule has 0 bridgehead atoms. The van der Waals surface area contributed by atoms with Crippen LogP contribution in [0, 0.1) is 0 Å². The third kappa shape index (κ3) is 4.88. The van der Waals surface area contributed by atoms with E-state index in [4.69, 9.17) is 0 Å². The van der Waals surface area contributed by atoms with Gasteiger partial charge in [-0.2, -0.15) is 18.3 Å². The molecule has 2 aromatic heterocycles. The van der Waals surface area contributed by atoms with Crippen LogP contribution in [-0.2, 0) is 24.1 Å². The van der Waals surface area contributed by atoms with Crippen molar-refractivity contribution in [2.45, 2.75) is 19.3 Å². The number of carbonyl (C=O) groups excluding carboxylic acids is 1. The third-order valence-corrected chi connectivity index (χ3v) is 4.41. The van der Waals surface area contributed by atoms with E-state index in [9.17, 15) is 22.8 Å². The average molecular weight is 419 g/mol. The van der Waals surface area contributed by atoms with Crippen LogP contribution in [0.25, 0.3) is 0 Å². The first-order valence-electron chi connectivity index (χ1n) is 9.00. The molecule has 0 unspecified atom stereocenters. The fourth-order valence-electron chi connectivity index (χ4n) is 2.85. The average Bonchev–Trinajstić information content (AvgIpc) is 3.09. The largest absolute Gasteiger partial charge is 0.421 e. The molecule has 0 atom stereocenters. The summed E-state index contributed by atoms with van der Waals surface area (Å²) in [4.78, 5) is 26.3. The van der Waals surface area contributed by atoms with Gasteiger partial charge in [0.15, 0.2) is 0 Å². The lowest BCUT2D eigenvalue weighted by Gasteiger charge is -2.14. The number of pyridine rings is 1. The predicted octanol–water partition coefficient (Wildman–Crippen LogP) is 2.82. The van der Waals surface area contributed by atoms with Crippen molar-refractivity contribution < 1.29 is 18.0 Å². The molecule has 0 aliphatic rings. The number of benzene rings is 1. The second-order valence-electron chi connectivity index (χ2n) is 6.84. The Hall–Kier alpha value is -3.56. The summed E-state index contributed by atoms with van der Waals surface area (Å²) < 4.78 is 40.9. The number of amides is 1. The molecule has 0 radical (unpaired) electrons. The number of aromatic nitrogens is 3. The number of alkyl halides is 3. The number of nitrogens with zero attached hydrogens (tertiary/aromatic N) is 4. The van der Waals surface area contributed by atoms with Crippen LogP contribution >= 0.6 is 0 Å². The maximum absolute atomic E-state index is 12.9. The normalized spacial score (nSPS) is 11.4. The zero-order chi connectivity index (χ0) is 21.9. The molecule has 0 saturated carbocycles. The van der Waals surface area contributed by atoms with E-state index in [0.29, 0.717) is 18.4 Å². The van der Waals surface area contributed by atoms with Crippen molar-refractivity contribution in [1.82, 2.24) is 14.3 Å². The third-order valence-electron chi connectivity index (χ3n) is 4.41. The van der Waals surface area contributed by atoms with Crippen LogP contribution in [0.15, 0.2) is 59.7 Å². The zero-order valence-corrected chi connectivity index (χ0v) is 16.3. The van der Waals surface area contributed by atoms with E-state index < -0.39 is 29.8 Å². The van der Waals surface area contributed by atoms with Gasteiger partial charge >= 0.3 is 6.18 Å². The highest BCUT2D eigenvalue weighted by Crippen LogP contribution is 2.26. The van der Waals surface area contributed by atoms with Crippen LogP contribution in [0.4, 0.5) is 24.7 Å². The summed E-state index contributed by atoms with van der Waals surface area (Å²) in [6, 6.07) is 11.1. The maximum atomic E-state index is 12.9. The van der Waals surface area contributed by atoms with Gasteiger partial charge in [0.2, 0.25) is 5.91 Å². The Balaban J connectivity index is 1.71. The summed E-state index contributed by atoms with van der Waals surface area (Å²) in [6.07, 6.45) is -2.14. The number of anilines is 2. The fraction of sp³-hybridized carbons (Fsp3) is 0.250. The molecule has 0 fully saturated rings. The smallest absolute Gasteiger partial charge is 0.378 e. The quantitative estimate of drug-likeness (QED) is 0.667. The molecule has 2 heterocycles. The van der Waals surface area contributed by atoms with Crippen LogP contribution in [0.1, 0.15) is 11.1 Å². The second kappa shape index (κ2) is 8.44. The number of nitrogens with one attached hydrogen (secondary N) is 1. The van der Waals surface area contributed by atoms with E-state index >= 15 is 0 Å². The monoisotopic (exact) mass is 419 g/mol. The predicted molar refractivity (Wildman–Crippen MR) is 106 cm³/mol. The van der Waals surface area contributed by atoms with Crippen molar-refractivity contribution in [2.75, 3.05) is 24.3 Å². The van der Waals surface area contributed by atoms with E-state index in [1.165, 1.54) is 6.20 Å². The van der Waals surface area contributed by atoms with E-state index in [2.05, 4.69) is 10.4 Å². The fourth-order valence-corrected chi connectivity index (χ4v) is 2.85. The van der Waals surface area contributed by atoms with Crippen LogP contribution < -0.4 is 15.8 Å². The molecule has 30 heavy (non-hydrogen) atoms. The van der Waals surface area contributed by atoms with E-state index in [1.54, 1.807) is 10.7 Å². The van der Waals surface area contributed by atoms with Crippen molar-refractivity contribution in [2.24, 2.45) is 0 Å². The Morgan fingerprint density at radius 1 is 1.13 bits per heavy atom. The Morgan fingerprint density at radius 2 is 1.83 bits per heavy atom. The summed E-state index contributed by atoms with van der Waals surface area (Å²) in [5.74, 6) is -0.266. The van der Waals surface area contributed by atoms with Crippen LogP contribution in [-0.4, -0.2) is 34.4 Å². The number of rotatable bonds is 6. The van der Waals surface area contributed by atoms with Crippen molar-refractivity contribution in [3.05, 3.63) is 76.3 Å². The summed E-state index contributed by atoms with van der Waals surface area (Å²) in [5.41, 5.74) is -0.591. The number of halogens is 3. The number of carbonyl (C=O) groups is 1. The van der Waals surface area contributed by atoms with Gasteiger partial charge in [0, 0.05) is 32.0 Å². The first-order valence-corrected chi connectivity index (χ1v) is 9.00. The minimum Gasteiger partial charge on any atom is -0.378 e. The van der Waals surface area contributed by atoms with Gasteiger partial charge in [-0.3, -0.25) is 9.59 Å². The van der Waals surface area contributed by atoms with Crippen molar-refractivity contribution >= 4 is 17.4 Å². The lowest BCUT2D eigenvalue weighted by molar-refractivity contribution is -0.139. The summed E-state index contributed by atoms with van der Waals surface area (Å²) in [7, 11) is 3.87. The molecule has 7 nitrogen and oxygen atoms in total. The Labute approximate surface area is 170 Å². The zero-order valence-electron chi connectivity index (χ0n) is 16.3. The van der Waals surface area contributed by atoms with E-state index in [0.717, 1.165) is 28.1 Å². The first kappa shape index (κ1) is 21.2. The van der Waals surface area contributed by atoms with Gasteiger partial charge in [0.05, 0.1) is 12.7 Å². The molecule has 0 aliphatic heterocycles. The first-order chi connectivity index (χ1) is 14.1. The van der Waals surface area contributed by atoms with Crippen molar-refractivity contribution in [3.8, 4) is 0 Å². The minimum absolute atomic E-state index is 0.372. The molecule has 1 aromatic carbocycles. The molecular formula is C20H20F3N5O2. The van der Waals surface area contributed by atoms with Crippen molar-refractivity contribution in [3.63, 3.8) is 0 Å². The topological polar surface area (TPSA) is 72.2 Å². The van der Waals surface area contributed by atoms with Gasteiger partial charge < -0.3 is 14.8 Å². The molecule has 3 rings (SSSR count). The molecule has 0 saturated heterocycles. The summed E-state index contributed by atoms with van der Waals surface area (Å²) in [6.45, 7) is -0.161. The summed E-state index contributed by atoms with van der Waals surface area (Å²) >= 11 is 0. The van der Waals surface area contributed by atoms with E-state index in [1.807, 2.05) is 43.3 Å². The van der Waals surface area contributed by atoms with Gasteiger partial charge in [-0.1, -0.05) is 12.1 Å². The van der Waals surface area contributed by atoms with Crippen molar-refractivity contribution in [1.29, 1.82) is 0 Å². The standard InChI is InChI=1S/C20H20F3N5O2/c1-26(2)15-7-5-14(6-8-15)12-28-17(9-10-24-28)25-18(29)13-27-11-3-4-16(19(27)30)20(21,22)23/h3-11H,12-13H2,1-2H3,(H,25,29). The number of hydrogen-bond donors (Lipinski definition) is 1. The van der Waals surface area contributed by atoms with Gasteiger partial charge in [0.1, 0.15) is 17.9 Å². The second-order valence-corrected chi connectivity index (χ2v) is 6.84. The lowest BCUT2D eigenvalue weighted by Crippen LogP contribution is -2.32. The Bertz CT molecular complexity index is 1080. The highest BCUT2D eigenvalue weighted by molar-refractivity contribution is 5.89. The van der Waals surface area contributed by atoms with Gasteiger partial charge in [0.25, 0.3) is 5.56 Å². The molecule has 1 amide bonds.